The highest BCUT2D eigenvalue weighted by molar-refractivity contribution is 5.68. The largest absolute Gasteiger partial charge is 0.444 e. The predicted octanol–water partition coefficient (Wildman–Crippen LogP) is 1.93. The van der Waals surface area contributed by atoms with Crippen molar-refractivity contribution in [1.29, 1.82) is 0 Å². The fraction of sp³-hybridized carbons (Fsp3) is 0.833. The lowest BCUT2D eigenvalue weighted by Crippen LogP contribution is -2.53. The number of hydrogen-bond acceptors (Lipinski definition) is 3. The number of ether oxygens (including phenoxy) is 2. The quantitative estimate of drug-likeness (QED) is 0.658. The van der Waals surface area contributed by atoms with Gasteiger partial charge in [0.2, 0.25) is 6.04 Å². The van der Waals surface area contributed by atoms with E-state index in [1.807, 2.05) is 20.8 Å². The number of nitrogens with zero attached hydrogens (tertiary/aromatic N) is 2. The fourth-order valence-electron chi connectivity index (χ4n) is 1.66. The third kappa shape index (κ3) is 3.90. The summed E-state index contributed by atoms with van der Waals surface area (Å²) in [4.78, 5) is 17.1. The number of carbonyl (C=O) groups is 1. The van der Waals surface area contributed by atoms with Crippen LogP contribution in [0.2, 0.25) is 0 Å². The number of hydrogen-bond donors (Lipinski definition) is 0. The molecule has 2 atom stereocenters. The van der Waals surface area contributed by atoms with Crippen molar-refractivity contribution in [3.05, 3.63) is 11.4 Å². The van der Waals surface area contributed by atoms with Crippen LogP contribution in [-0.2, 0) is 9.47 Å². The zero-order valence-electron chi connectivity index (χ0n) is 10.9. The molecule has 5 nitrogen and oxygen atoms in total. The van der Waals surface area contributed by atoms with E-state index in [4.69, 9.17) is 16.0 Å². The second kappa shape index (κ2) is 5.37. The normalized spacial score (nSPS) is 22.8. The summed E-state index contributed by atoms with van der Waals surface area (Å²) in [5.41, 5.74) is -0.513. The second-order valence-corrected chi connectivity index (χ2v) is 5.19. The van der Waals surface area contributed by atoms with E-state index in [1.54, 1.807) is 11.8 Å². The lowest BCUT2D eigenvalue weighted by molar-refractivity contribution is -0.0341. The molecule has 1 aliphatic heterocycles. The molecule has 0 aromatic heterocycles. The van der Waals surface area contributed by atoms with Gasteiger partial charge >= 0.3 is 6.09 Å². The smallest absolute Gasteiger partial charge is 0.410 e. The van der Waals surface area contributed by atoms with E-state index in [0.29, 0.717) is 19.8 Å². The first-order valence-electron chi connectivity index (χ1n) is 5.79. The van der Waals surface area contributed by atoms with E-state index in [0.717, 1.165) is 0 Å². The maximum Gasteiger partial charge on any atom is 0.410 e. The molecule has 0 spiro atoms. The van der Waals surface area contributed by atoms with Crippen LogP contribution >= 0.6 is 0 Å². The molecule has 1 amide bonds. The van der Waals surface area contributed by atoms with Crippen LogP contribution in [0.1, 0.15) is 27.7 Å². The maximum absolute atomic E-state index is 12.0. The summed E-state index contributed by atoms with van der Waals surface area (Å²) in [5, 5.41) is 0. The van der Waals surface area contributed by atoms with Crippen LogP contribution in [0, 0.1) is 6.57 Å². The summed E-state index contributed by atoms with van der Waals surface area (Å²) in [6.07, 6.45) is -0.360. The zero-order chi connectivity index (χ0) is 13.1. The Morgan fingerprint density at radius 2 is 2.24 bits per heavy atom. The van der Waals surface area contributed by atoms with E-state index < -0.39 is 5.60 Å². The van der Waals surface area contributed by atoms with E-state index >= 15 is 0 Å². The van der Waals surface area contributed by atoms with Gasteiger partial charge in [-0.25, -0.2) is 11.4 Å². The van der Waals surface area contributed by atoms with Gasteiger partial charge in [0.15, 0.2) is 0 Å². The summed E-state index contributed by atoms with van der Waals surface area (Å²) in [6.45, 7) is 15.7. The molecule has 0 radical (unpaired) electrons. The summed E-state index contributed by atoms with van der Waals surface area (Å²) in [5.74, 6) is 0. The fourth-order valence-corrected chi connectivity index (χ4v) is 1.66. The van der Waals surface area contributed by atoms with Gasteiger partial charge in [-0.15, -0.1) is 0 Å². The average molecular weight is 240 g/mol. The van der Waals surface area contributed by atoms with Gasteiger partial charge in [-0.1, -0.05) is 0 Å². The molecule has 1 aliphatic rings. The third-order valence-corrected chi connectivity index (χ3v) is 2.55. The lowest BCUT2D eigenvalue weighted by atomic mass is 10.1. The second-order valence-electron chi connectivity index (χ2n) is 5.19. The molecule has 1 rings (SSSR count). The molecule has 1 fully saturated rings. The van der Waals surface area contributed by atoms with Crippen LogP contribution in [0.25, 0.3) is 4.85 Å². The summed E-state index contributed by atoms with van der Waals surface area (Å²) in [6, 6.07) is -0.487. The number of carbonyl (C=O) groups excluding carboxylic acids is 1. The number of morpholine rings is 1. The average Bonchev–Trinajstić information content (AvgIpc) is 2.25. The molecule has 1 saturated heterocycles. The minimum atomic E-state index is -0.513. The third-order valence-electron chi connectivity index (χ3n) is 2.55. The molecule has 96 valence electrons. The summed E-state index contributed by atoms with van der Waals surface area (Å²) >= 11 is 0. The predicted molar refractivity (Wildman–Crippen MR) is 63.6 cm³/mol. The van der Waals surface area contributed by atoms with E-state index in [1.165, 1.54) is 0 Å². The van der Waals surface area contributed by atoms with Crippen LogP contribution < -0.4 is 0 Å². The van der Waals surface area contributed by atoms with Gasteiger partial charge in [0.25, 0.3) is 0 Å². The first-order valence-corrected chi connectivity index (χ1v) is 5.79. The number of rotatable bonds is 1. The molecular formula is C12H20N2O3. The Kier molecular flexibility index (Phi) is 4.35. The number of amides is 1. The van der Waals surface area contributed by atoms with Crippen molar-refractivity contribution in [2.45, 2.75) is 45.4 Å². The van der Waals surface area contributed by atoms with Crippen LogP contribution in [0.4, 0.5) is 4.79 Å². The standard InChI is InChI=1S/C12H20N2O3/c1-9(13-5)10-8-16-7-6-14(10)11(15)17-12(2,3)4/h9-10H,6-8H2,1-4H3. The van der Waals surface area contributed by atoms with Gasteiger partial charge in [0, 0.05) is 13.5 Å². The van der Waals surface area contributed by atoms with Crippen molar-refractivity contribution < 1.29 is 14.3 Å². The molecule has 2 unspecified atom stereocenters. The van der Waals surface area contributed by atoms with Gasteiger partial charge in [-0.2, -0.15) is 0 Å². The Balaban J connectivity index is 2.72. The topological polar surface area (TPSA) is 43.1 Å². The Morgan fingerprint density at radius 1 is 1.59 bits per heavy atom. The van der Waals surface area contributed by atoms with Gasteiger partial charge < -0.3 is 14.3 Å². The van der Waals surface area contributed by atoms with Crippen molar-refractivity contribution in [1.82, 2.24) is 4.90 Å². The molecule has 0 aromatic rings. The SMILES string of the molecule is [C-]#[N+]C(C)C1COCCN1C(=O)OC(C)(C)C. The van der Waals surface area contributed by atoms with Crippen molar-refractivity contribution >= 4 is 6.09 Å². The molecular weight excluding hydrogens is 220 g/mol. The Bertz CT molecular complexity index is 317. The van der Waals surface area contributed by atoms with E-state index in [9.17, 15) is 4.79 Å². The monoisotopic (exact) mass is 240 g/mol. The van der Waals surface area contributed by atoms with Gasteiger partial charge in [-0.05, 0) is 20.8 Å². The van der Waals surface area contributed by atoms with Crippen LogP contribution in [0.15, 0.2) is 0 Å². The van der Waals surface area contributed by atoms with Gasteiger partial charge in [-0.3, -0.25) is 4.90 Å². The summed E-state index contributed by atoms with van der Waals surface area (Å²) < 4.78 is 10.7. The molecule has 0 N–H and O–H groups in total. The summed E-state index contributed by atoms with van der Waals surface area (Å²) in [7, 11) is 0. The molecule has 5 heteroatoms. The van der Waals surface area contributed by atoms with Crippen molar-refractivity contribution in [3.63, 3.8) is 0 Å². The van der Waals surface area contributed by atoms with Crippen LogP contribution in [0.5, 0.6) is 0 Å². The van der Waals surface area contributed by atoms with Crippen LogP contribution in [-0.4, -0.2) is 48.4 Å². The first kappa shape index (κ1) is 13.8. The first-order chi connectivity index (χ1) is 7.85. The highest BCUT2D eigenvalue weighted by atomic mass is 16.6. The molecule has 0 saturated carbocycles. The molecule has 0 aliphatic carbocycles. The van der Waals surface area contributed by atoms with E-state index in [2.05, 4.69) is 4.85 Å². The molecule has 0 aromatic carbocycles. The minimum Gasteiger partial charge on any atom is -0.444 e. The van der Waals surface area contributed by atoms with Gasteiger partial charge in [0.1, 0.15) is 11.6 Å². The molecule has 0 bridgehead atoms. The lowest BCUT2D eigenvalue weighted by Gasteiger charge is -2.35. The zero-order valence-corrected chi connectivity index (χ0v) is 10.9. The van der Waals surface area contributed by atoms with Gasteiger partial charge in [0.05, 0.1) is 13.2 Å². The van der Waals surface area contributed by atoms with E-state index in [-0.39, 0.29) is 18.2 Å². The highest BCUT2D eigenvalue weighted by Gasteiger charge is 2.36. The Labute approximate surface area is 102 Å². The van der Waals surface area contributed by atoms with Crippen molar-refractivity contribution in [2.24, 2.45) is 0 Å². The van der Waals surface area contributed by atoms with Crippen molar-refractivity contribution in [2.75, 3.05) is 19.8 Å². The molecule has 17 heavy (non-hydrogen) atoms. The molecule has 1 heterocycles. The Hall–Kier alpha value is -1.28. The minimum absolute atomic E-state index is 0.212. The maximum atomic E-state index is 12.0. The highest BCUT2D eigenvalue weighted by Crippen LogP contribution is 2.17. The Morgan fingerprint density at radius 3 is 2.76 bits per heavy atom. The van der Waals surface area contributed by atoms with Crippen LogP contribution in [0.3, 0.4) is 0 Å². The van der Waals surface area contributed by atoms with Crippen molar-refractivity contribution in [3.8, 4) is 0 Å².